The molecule has 3 rings (SSSR count). The molecule has 0 bridgehead atoms. The maximum atomic E-state index is 12.6. The molecule has 150 valence electrons. The molecule has 0 saturated carbocycles. The highest BCUT2D eigenvalue weighted by Gasteiger charge is 2.27. The number of amides is 1. The molecule has 2 aromatic heterocycles. The number of pyridine rings is 1. The van der Waals surface area contributed by atoms with Crippen molar-refractivity contribution in [2.45, 2.75) is 33.4 Å². The van der Waals surface area contributed by atoms with E-state index >= 15 is 0 Å². The molecule has 1 amide bonds. The van der Waals surface area contributed by atoms with Crippen molar-refractivity contribution in [1.29, 1.82) is 0 Å². The van der Waals surface area contributed by atoms with Crippen LogP contribution >= 0.6 is 0 Å². The van der Waals surface area contributed by atoms with Crippen molar-refractivity contribution < 1.29 is 18.8 Å². The molecule has 29 heavy (non-hydrogen) atoms. The quantitative estimate of drug-likeness (QED) is 0.614. The SMILES string of the molecule is Cc1ccccc1C(=O)N[C@H](C(=O)OCc1nc(-c2cccnc2)no1)C(C)C. The summed E-state index contributed by atoms with van der Waals surface area (Å²) in [7, 11) is 0. The second-order valence-corrected chi connectivity index (χ2v) is 6.87. The zero-order valence-electron chi connectivity index (χ0n) is 16.5. The lowest BCUT2D eigenvalue weighted by molar-refractivity contribution is -0.149. The van der Waals surface area contributed by atoms with E-state index in [0.717, 1.165) is 5.56 Å². The van der Waals surface area contributed by atoms with Gasteiger partial charge in [-0.15, -0.1) is 0 Å². The summed E-state index contributed by atoms with van der Waals surface area (Å²) in [5.41, 5.74) is 2.04. The van der Waals surface area contributed by atoms with E-state index in [-0.39, 0.29) is 24.3 Å². The van der Waals surface area contributed by atoms with Crippen LogP contribution in [0.15, 0.2) is 53.3 Å². The number of aryl methyl sites for hydroxylation is 1. The molecule has 2 heterocycles. The Hall–Kier alpha value is -3.55. The Morgan fingerprint density at radius 2 is 1.97 bits per heavy atom. The molecular weight excluding hydrogens is 372 g/mol. The van der Waals surface area contributed by atoms with Crippen LogP contribution in [0, 0.1) is 12.8 Å². The van der Waals surface area contributed by atoms with Crippen LogP contribution in [0.4, 0.5) is 0 Å². The zero-order chi connectivity index (χ0) is 20.8. The summed E-state index contributed by atoms with van der Waals surface area (Å²) in [6, 6.07) is 9.94. The van der Waals surface area contributed by atoms with Gasteiger partial charge in [0.05, 0.1) is 0 Å². The summed E-state index contributed by atoms with van der Waals surface area (Å²) in [4.78, 5) is 33.3. The first-order valence-corrected chi connectivity index (χ1v) is 9.22. The van der Waals surface area contributed by atoms with E-state index in [1.807, 2.05) is 32.9 Å². The van der Waals surface area contributed by atoms with Gasteiger partial charge in [-0.2, -0.15) is 4.98 Å². The van der Waals surface area contributed by atoms with Gasteiger partial charge < -0.3 is 14.6 Å². The van der Waals surface area contributed by atoms with Crippen LogP contribution in [-0.2, 0) is 16.1 Å². The number of carbonyl (C=O) groups is 2. The minimum absolute atomic E-state index is 0.157. The highest BCUT2D eigenvalue weighted by molar-refractivity contribution is 5.98. The lowest BCUT2D eigenvalue weighted by Crippen LogP contribution is -2.45. The average molecular weight is 394 g/mol. The summed E-state index contributed by atoms with van der Waals surface area (Å²) in [5, 5.41) is 6.61. The first-order chi connectivity index (χ1) is 14.0. The first-order valence-electron chi connectivity index (χ1n) is 9.22. The van der Waals surface area contributed by atoms with Crippen LogP contribution < -0.4 is 5.32 Å². The van der Waals surface area contributed by atoms with Gasteiger partial charge in [-0.25, -0.2) is 4.79 Å². The topological polar surface area (TPSA) is 107 Å². The van der Waals surface area contributed by atoms with E-state index in [9.17, 15) is 9.59 Å². The van der Waals surface area contributed by atoms with Crippen molar-refractivity contribution in [2.24, 2.45) is 5.92 Å². The number of hydrogen-bond acceptors (Lipinski definition) is 7. The molecule has 1 N–H and O–H groups in total. The molecule has 0 spiro atoms. The third-order valence-electron chi connectivity index (χ3n) is 4.32. The summed E-state index contributed by atoms with van der Waals surface area (Å²) >= 11 is 0. The van der Waals surface area contributed by atoms with E-state index in [2.05, 4.69) is 20.4 Å². The zero-order valence-corrected chi connectivity index (χ0v) is 16.5. The van der Waals surface area contributed by atoms with Gasteiger partial charge in [-0.05, 0) is 36.6 Å². The van der Waals surface area contributed by atoms with Gasteiger partial charge in [0.25, 0.3) is 11.8 Å². The van der Waals surface area contributed by atoms with E-state index in [1.54, 1.807) is 36.7 Å². The van der Waals surface area contributed by atoms with Gasteiger partial charge in [0, 0.05) is 23.5 Å². The molecule has 1 aromatic carbocycles. The predicted molar refractivity (Wildman–Crippen MR) is 105 cm³/mol. The maximum Gasteiger partial charge on any atom is 0.329 e. The maximum absolute atomic E-state index is 12.6. The van der Waals surface area contributed by atoms with Crippen LogP contribution in [0.2, 0.25) is 0 Å². The Kier molecular flexibility index (Phi) is 6.33. The summed E-state index contributed by atoms with van der Waals surface area (Å²) in [6.45, 7) is 5.32. The summed E-state index contributed by atoms with van der Waals surface area (Å²) in [5.74, 6) is -0.537. The second kappa shape index (κ2) is 9.09. The van der Waals surface area contributed by atoms with Gasteiger partial charge in [0.15, 0.2) is 6.61 Å². The fourth-order valence-electron chi connectivity index (χ4n) is 2.69. The van der Waals surface area contributed by atoms with Gasteiger partial charge in [-0.3, -0.25) is 9.78 Å². The van der Waals surface area contributed by atoms with Crippen molar-refractivity contribution >= 4 is 11.9 Å². The normalized spacial score (nSPS) is 11.9. The first kappa shape index (κ1) is 20.2. The van der Waals surface area contributed by atoms with Crippen molar-refractivity contribution in [3.8, 4) is 11.4 Å². The standard InChI is InChI=1S/C21H22N4O4/c1-13(2)18(24-20(26)16-9-5-4-7-14(16)3)21(27)28-12-17-23-19(25-29-17)15-8-6-10-22-11-15/h4-11,13,18H,12H2,1-3H3,(H,24,26)/t18-/m0/s1. The minimum atomic E-state index is -0.803. The van der Waals surface area contributed by atoms with Gasteiger partial charge in [0.1, 0.15) is 6.04 Å². The van der Waals surface area contributed by atoms with Crippen LogP contribution in [0.25, 0.3) is 11.4 Å². The number of benzene rings is 1. The number of aromatic nitrogens is 3. The highest BCUT2D eigenvalue weighted by Crippen LogP contribution is 2.15. The Morgan fingerprint density at radius 1 is 1.17 bits per heavy atom. The predicted octanol–water partition coefficient (Wildman–Crippen LogP) is 2.94. The molecule has 0 unspecified atom stereocenters. The fraction of sp³-hybridized carbons (Fsp3) is 0.286. The number of nitrogens with one attached hydrogen (secondary N) is 1. The third-order valence-corrected chi connectivity index (χ3v) is 4.32. The largest absolute Gasteiger partial charge is 0.454 e. The molecule has 3 aromatic rings. The van der Waals surface area contributed by atoms with Crippen molar-refractivity contribution in [2.75, 3.05) is 0 Å². The lowest BCUT2D eigenvalue weighted by atomic mass is 10.0. The highest BCUT2D eigenvalue weighted by atomic mass is 16.6. The van der Waals surface area contributed by atoms with Crippen LogP contribution in [0.3, 0.4) is 0 Å². The van der Waals surface area contributed by atoms with E-state index < -0.39 is 12.0 Å². The summed E-state index contributed by atoms with van der Waals surface area (Å²) < 4.78 is 10.4. The molecule has 1 atom stereocenters. The van der Waals surface area contributed by atoms with Gasteiger partial charge in [-0.1, -0.05) is 37.2 Å². The number of ether oxygens (including phenoxy) is 1. The smallest absolute Gasteiger partial charge is 0.329 e. The van der Waals surface area contributed by atoms with Crippen molar-refractivity contribution in [1.82, 2.24) is 20.4 Å². The Labute approximate surface area is 168 Å². The van der Waals surface area contributed by atoms with Crippen LogP contribution in [0.1, 0.15) is 35.7 Å². The van der Waals surface area contributed by atoms with Gasteiger partial charge >= 0.3 is 5.97 Å². The number of hydrogen-bond donors (Lipinski definition) is 1. The number of rotatable bonds is 7. The van der Waals surface area contributed by atoms with Crippen molar-refractivity contribution in [3.05, 3.63) is 65.8 Å². The molecule has 0 saturated heterocycles. The molecule has 0 aliphatic rings. The molecule has 8 heteroatoms. The molecule has 8 nitrogen and oxygen atoms in total. The Balaban J connectivity index is 1.62. The summed E-state index contributed by atoms with van der Waals surface area (Å²) in [6.07, 6.45) is 3.25. The van der Waals surface area contributed by atoms with E-state index in [4.69, 9.17) is 9.26 Å². The number of esters is 1. The van der Waals surface area contributed by atoms with E-state index in [0.29, 0.717) is 17.0 Å². The minimum Gasteiger partial charge on any atom is -0.454 e. The molecular formula is C21H22N4O4. The monoisotopic (exact) mass is 394 g/mol. The molecule has 0 aliphatic heterocycles. The van der Waals surface area contributed by atoms with Crippen LogP contribution in [0.5, 0.6) is 0 Å². The Bertz CT molecular complexity index is 985. The fourth-order valence-corrected chi connectivity index (χ4v) is 2.69. The average Bonchev–Trinajstić information content (AvgIpc) is 3.20. The molecule has 0 fully saturated rings. The third kappa shape index (κ3) is 5.04. The number of carbonyl (C=O) groups excluding carboxylic acids is 2. The number of nitrogens with zero attached hydrogens (tertiary/aromatic N) is 3. The Morgan fingerprint density at radius 3 is 2.66 bits per heavy atom. The van der Waals surface area contributed by atoms with Crippen molar-refractivity contribution in [3.63, 3.8) is 0 Å². The lowest BCUT2D eigenvalue weighted by Gasteiger charge is -2.21. The second-order valence-electron chi connectivity index (χ2n) is 6.87. The van der Waals surface area contributed by atoms with Crippen LogP contribution in [-0.4, -0.2) is 33.0 Å². The molecule has 0 radical (unpaired) electrons. The van der Waals surface area contributed by atoms with Gasteiger partial charge in [0.2, 0.25) is 5.82 Å². The van der Waals surface area contributed by atoms with E-state index in [1.165, 1.54) is 0 Å². The molecule has 0 aliphatic carbocycles.